The van der Waals surface area contributed by atoms with Gasteiger partial charge in [0.05, 0.1) is 16.8 Å². The second-order valence-electron chi connectivity index (χ2n) is 6.81. The number of anilines is 1. The van der Waals surface area contributed by atoms with E-state index in [1.807, 2.05) is 31.1 Å². The summed E-state index contributed by atoms with van der Waals surface area (Å²) in [7, 11) is -1.60. The average molecular weight is 398 g/mol. The minimum Gasteiger partial charge on any atom is -0.338 e. The molecule has 0 amide bonds. The predicted molar refractivity (Wildman–Crippen MR) is 106 cm³/mol. The van der Waals surface area contributed by atoms with Crippen molar-refractivity contribution in [3.8, 4) is 11.3 Å². The van der Waals surface area contributed by atoms with Crippen LogP contribution >= 0.6 is 0 Å². The van der Waals surface area contributed by atoms with E-state index in [2.05, 4.69) is 10.1 Å². The molecule has 2 aromatic heterocycles. The monoisotopic (exact) mass is 398 g/mol. The van der Waals surface area contributed by atoms with Gasteiger partial charge in [-0.25, -0.2) is 18.4 Å². The van der Waals surface area contributed by atoms with Crippen molar-refractivity contribution in [3.05, 3.63) is 54.5 Å². The molecular formula is C19H22N6O2S. The Hall–Kier alpha value is -2.78. The normalized spacial score (nSPS) is 15.7. The molecule has 3 heterocycles. The lowest BCUT2D eigenvalue weighted by atomic mass is 10.1. The Morgan fingerprint density at radius 2 is 1.71 bits per heavy atom. The summed E-state index contributed by atoms with van der Waals surface area (Å²) in [6.07, 6.45) is 5.50. The van der Waals surface area contributed by atoms with Crippen molar-refractivity contribution in [2.24, 2.45) is 7.05 Å². The standard InChI is InChI=1S/C19H22N6O2S/c1-15-12-20-19(22-18(15)16-13-21-23(2)14-16)24-8-10-25(11-9-24)28(26,27)17-6-4-3-5-7-17/h3-7,12-14H,8-11H2,1-2H3. The second kappa shape index (κ2) is 7.33. The summed E-state index contributed by atoms with van der Waals surface area (Å²) in [6, 6.07) is 8.55. The summed E-state index contributed by atoms with van der Waals surface area (Å²) < 4.78 is 28.8. The lowest BCUT2D eigenvalue weighted by molar-refractivity contribution is 0.382. The summed E-state index contributed by atoms with van der Waals surface area (Å²) in [5.74, 6) is 0.612. The van der Waals surface area contributed by atoms with E-state index in [9.17, 15) is 8.42 Å². The van der Waals surface area contributed by atoms with Crippen molar-refractivity contribution in [1.29, 1.82) is 0 Å². The second-order valence-corrected chi connectivity index (χ2v) is 8.75. The number of rotatable bonds is 4. The van der Waals surface area contributed by atoms with E-state index in [4.69, 9.17) is 4.98 Å². The van der Waals surface area contributed by atoms with E-state index in [0.717, 1.165) is 16.8 Å². The van der Waals surface area contributed by atoms with Gasteiger partial charge in [0.1, 0.15) is 0 Å². The summed E-state index contributed by atoms with van der Waals surface area (Å²) >= 11 is 0. The van der Waals surface area contributed by atoms with Gasteiger partial charge >= 0.3 is 0 Å². The zero-order chi connectivity index (χ0) is 19.7. The van der Waals surface area contributed by atoms with Gasteiger partial charge in [0, 0.05) is 51.2 Å². The first-order valence-corrected chi connectivity index (χ1v) is 10.5. The van der Waals surface area contributed by atoms with Crippen LogP contribution in [0.1, 0.15) is 5.56 Å². The molecule has 1 aliphatic rings. The molecule has 0 bridgehead atoms. The molecule has 3 aromatic rings. The van der Waals surface area contributed by atoms with Gasteiger partial charge in [-0.15, -0.1) is 0 Å². The van der Waals surface area contributed by atoms with Gasteiger partial charge in [-0.05, 0) is 24.6 Å². The molecule has 4 rings (SSSR count). The number of piperazine rings is 1. The van der Waals surface area contributed by atoms with Crippen LogP contribution in [0.4, 0.5) is 5.95 Å². The molecule has 0 aliphatic carbocycles. The number of hydrogen-bond donors (Lipinski definition) is 0. The molecule has 0 radical (unpaired) electrons. The zero-order valence-corrected chi connectivity index (χ0v) is 16.7. The Labute approximate surface area is 164 Å². The fourth-order valence-corrected chi connectivity index (χ4v) is 4.73. The minimum atomic E-state index is -3.47. The highest BCUT2D eigenvalue weighted by atomic mass is 32.2. The molecule has 1 saturated heterocycles. The van der Waals surface area contributed by atoms with E-state index in [1.54, 1.807) is 41.3 Å². The van der Waals surface area contributed by atoms with Gasteiger partial charge < -0.3 is 4.90 Å². The molecule has 1 aromatic carbocycles. The Morgan fingerprint density at radius 1 is 1.00 bits per heavy atom. The largest absolute Gasteiger partial charge is 0.338 e. The molecule has 0 unspecified atom stereocenters. The molecule has 0 saturated carbocycles. The number of aryl methyl sites for hydroxylation is 2. The first-order valence-electron chi connectivity index (χ1n) is 9.08. The number of sulfonamides is 1. The lowest BCUT2D eigenvalue weighted by Crippen LogP contribution is -2.49. The van der Waals surface area contributed by atoms with Gasteiger partial charge in [-0.1, -0.05) is 18.2 Å². The molecule has 146 valence electrons. The third kappa shape index (κ3) is 3.50. The first kappa shape index (κ1) is 18.6. The minimum absolute atomic E-state index is 0.328. The van der Waals surface area contributed by atoms with Crippen LogP contribution in [0, 0.1) is 6.92 Å². The maximum atomic E-state index is 12.8. The van der Waals surface area contributed by atoms with Crippen molar-refractivity contribution >= 4 is 16.0 Å². The van der Waals surface area contributed by atoms with Crippen molar-refractivity contribution in [2.45, 2.75) is 11.8 Å². The lowest BCUT2D eigenvalue weighted by Gasteiger charge is -2.34. The maximum absolute atomic E-state index is 12.8. The molecule has 0 N–H and O–H groups in total. The van der Waals surface area contributed by atoms with Crippen molar-refractivity contribution in [3.63, 3.8) is 0 Å². The summed E-state index contributed by atoms with van der Waals surface area (Å²) in [6.45, 7) is 3.85. The Kier molecular flexibility index (Phi) is 4.86. The van der Waals surface area contributed by atoms with Crippen LogP contribution in [0.25, 0.3) is 11.3 Å². The highest BCUT2D eigenvalue weighted by Crippen LogP contribution is 2.24. The van der Waals surface area contributed by atoms with Crippen LogP contribution in [-0.4, -0.2) is 58.7 Å². The fraction of sp³-hybridized carbons (Fsp3) is 0.316. The first-order chi connectivity index (χ1) is 13.4. The van der Waals surface area contributed by atoms with Crippen LogP contribution in [-0.2, 0) is 17.1 Å². The van der Waals surface area contributed by atoms with Crippen molar-refractivity contribution in [2.75, 3.05) is 31.1 Å². The molecular weight excluding hydrogens is 376 g/mol. The molecule has 8 nitrogen and oxygen atoms in total. The van der Waals surface area contributed by atoms with Gasteiger partial charge in [-0.3, -0.25) is 4.68 Å². The number of aromatic nitrogens is 4. The summed E-state index contributed by atoms with van der Waals surface area (Å²) in [5.41, 5.74) is 2.76. The summed E-state index contributed by atoms with van der Waals surface area (Å²) in [4.78, 5) is 11.5. The smallest absolute Gasteiger partial charge is 0.243 e. The van der Waals surface area contributed by atoms with Gasteiger partial charge in [-0.2, -0.15) is 9.40 Å². The molecule has 1 aliphatic heterocycles. The van der Waals surface area contributed by atoms with Crippen LogP contribution in [0.2, 0.25) is 0 Å². The highest BCUT2D eigenvalue weighted by Gasteiger charge is 2.29. The van der Waals surface area contributed by atoms with E-state index in [-0.39, 0.29) is 0 Å². The van der Waals surface area contributed by atoms with Crippen LogP contribution in [0.3, 0.4) is 0 Å². The Bertz CT molecular complexity index is 1070. The fourth-order valence-electron chi connectivity index (χ4n) is 3.29. The van der Waals surface area contributed by atoms with Crippen molar-refractivity contribution in [1.82, 2.24) is 24.1 Å². The zero-order valence-electron chi connectivity index (χ0n) is 15.9. The molecule has 9 heteroatoms. The average Bonchev–Trinajstić information content (AvgIpc) is 3.15. The van der Waals surface area contributed by atoms with Crippen LogP contribution < -0.4 is 4.90 Å². The van der Waals surface area contributed by atoms with E-state index in [0.29, 0.717) is 37.0 Å². The molecule has 1 fully saturated rings. The van der Waals surface area contributed by atoms with E-state index >= 15 is 0 Å². The van der Waals surface area contributed by atoms with E-state index < -0.39 is 10.0 Å². The quantitative estimate of drug-likeness (QED) is 0.665. The number of nitrogens with zero attached hydrogens (tertiary/aromatic N) is 6. The highest BCUT2D eigenvalue weighted by molar-refractivity contribution is 7.89. The van der Waals surface area contributed by atoms with Gasteiger partial charge in [0.2, 0.25) is 16.0 Å². The topological polar surface area (TPSA) is 84.2 Å². The molecule has 28 heavy (non-hydrogen) atoms. The molecule has 0 atom stereocenters. The third-order valence-corrected chi connectivity index (χ3v) is 6.75. The van der Waals surface area contributed by atoms with Crippen molar-refractivity contribution < 1.29 is 8.42 Å². The summed E-state index contributed by atoms with van der Waals surface area (Å²) in [5, 5.41) is 4.21. The van der Waals surface area contributed by atoms with Gasteiger partial charge in [0.25, 0.3) is 0 Å². The maximum Gasteiger partial charge on any atom is 0.243 e. The molecule has 0 spiro atoms. The Balaban J connectivity index is 1.51. The van der Waals surface area contributed by atoms with E-state index in [1.165, 1.54) is 4.31 Å². The third-order valence-electron chi connectivity index (χ3n) is 4.84. The number of hydrogen-bond acceptors (Lipinski definition) is 6. The Morgan fingerprint density at radius 3 is 2.36 bits per heavy atom. The predicted octanol–water partition coefficient (Wildman–Crippen LogP) is 1.70. The van der Waals surface area contributed by atoms with Crippen LogP contribution in [0.15, 0.2) is 53.8 Å². The van der Waals surface area contributed by atoms with Crippen LogP contribution in [0.5, 0.6) is 0 Å². The SMILES string of the molecule is Cc1cnc(N2CCN(S(=O)(=O)c3ccccc3)CC2)nc1-c1cnn(C)c1. The number of benzene rings is 1. The van der Waals surface area contributed by atoms with Gasteiger partial charge in [0.15, 0.2) is 0 Å².